The third-order valence-electron chi connectivity index (χ3n) is 2.90. The van der Waals surface area contributed by atoms with Crippen LogP contribution in [-0.4, -0.2) is 19.3 Å². The van der Waals surface area contributed by atoms with E-state index >= 15 is 0 Å². The second-order valence-corrected chi connectivity index (χ2v) is 7.42. The van der Waals surface area contributed by atoms with Crippen molar-refractivity contribution in [1.82, 2.24) is 4.98 Å². The first-order valence-corrected chi connectivity index (χ1v) is 9.03. The van der Waals surface area contributed by atoms with Crippen molar-refractivity contribution in [3.63, 3.8) is 0 Å². The van der Waals surface area contributed by atoms with E-state index in [0.717, 1.165) is 15.6 Å². The van der Waals surface area contributed by atoms with Crippen LogP contribution in [0, 0.1) is 6.92 Å². The lowest BCUT2D eigenvalue weighted by atomic mass is 10.2. The maximum absolute atomic E-state index is 12.3. The Labute approximate surface area is 137 Å². The van der Waals surface area contributed by atoms with Crippen molar-refractivity contribution in [1.29, 1.82) is 0 Å². The fraction of sp³-hybridized carbons (Fsp3) is 0.214. The van der Waals surface area contributed by atoms with Gasteiger partial charge in [0.15, 0.2) is 0 Å². The molecule has 4 nitrogen and oxygen atoms in total. The minimum atomic E-state index is -3.64. The average molecular weight is 390 g/mol. The number of nitrogens with zero attached hydrogens (tertiary/aromatic N) is 1. The summed E-state index contributed by atoms with van der Waals surface area (Å²) >= 11 is 8.98. The normalized spacial score (nSPS) is 11.4. The van der Waals surface area contributed by atoms with Gasteiger partial charge in [-0.1, -0.05) is 12.1 Å². The molecule has 21 heavy (non-hydrogen) atoms. The zero-order valence-electron chi connectivity index (χ0n) is 11.3. The predicted octanol–water partition coefficient (Wildman–Crippen LogP) is 3.73. The molecule has 0 saturated heterocycles. The van der Waals surface area contributed by atoms with Crippen LogP contribution in [0.2, 0.25) is 0 Å². The van der Waals surface area contributed by atoms with Crippen LogP contribution < -0.4 is 4.72 Å². The highest BCUT2D eigenvalue weighted by atomic mass is 79.9. The number of nitrogens with one attached hydrogen (secondary N) is 1. The number of alkyl halides is 1. The maximum Gasteiger partial charge on any atom is 0.263 e. The molecule has 1 N–H and O–H groups in total. The summed E-state index contributed by atoms with van der Waals surface area (Å²) in [6.07, 6.45) is 2.28. The van der Waals surface area contributed by atoms with E-state index < -0.39 is 10.0 Å². The molecule has 0 fully saturated rings. The van der Waals surface area contributed by atoms with Gasteiger partial charge in [0.25, 0.3) is 10.0 Å². The smallest absolute Gasteiger partial charge is 0.263 e. The van der Waals surface area contributed by atoms with E-state index in [1.165, 1.54) is 0 Å². The molecule has 2 aromatic rings. The third-order valence-corrected chi connectivity index (χ3v) is 5.29. The summed E-state index contributed by atoms with van der Waals surface area (Å²) in [6.45, 7) is 1.87. The molecule has 1 heterocycles. The lowest BCUT2D eigenvalue weighted by Gasteiger charge is -2.09. The van der Waals surface area contributed by atoms with Gasteiger partial charge in [0.1, 0.15) is 5.82 Å². The van der Waals surface area contributed by atoms with Crippen molar-refractivity contribution in [2.45, 2.75) is 18.2 Å². The van der Waals surface area contributed by atoms with Gasteiger partial charge in [-0.15, -0.1) is 11.6 Å². The quantitative estimate of drug-likeness (QED) is 0.793. The van der Waals surface area contributed by atoms with E-state index in [1.807, 2.05) is 6.92 Å². The number of sulfonamides is 1. The Bertz CT molecular complexity index is 733. The standard InChI is InChI=1S/C14H14BrClN2O2S/c1-10-8-14(17-9-13(10)15)18-21(19,20)12-4-2-11(3-5-12)6-7-16/h2-5,8-9H,6-7H2,1H3,(H,17,18). The molecule has 7 heteroatoms. The number of halogens is 2. The first kappa shape index (κ1) is 16.3. The van der Waals surface area contributed by atoms with Crippen LogP contribution >= 0.6 is 27.5 Å². The highest BCUT2D eigenvalue weighted by Gasteiger charge is 2.15. The molecule has 1 aromatic carbocycles. The van der Waals surface area contributed by atoms with Crippen LogP contribution in [-0.2, 0) is 16.4 Å². The van der Waals surface area contributed by atoms with Gasteiger partial charge in [0.05, 0.1) is 4.90 Å². The lowest BCUT2D eigenvalue weighted by molar-refractivity contribution is 0.601. The van der Waals surface area contributed by atoms with E-state index in [2.05, 4.69) is 25.6 Å². The van der Waals surface area contributed by atoms with Gasteiger partial charge in [0, 0.05) is 16.5 Å². The highest BCUT2D eigenvalue weighted by molar-refractivity contribution is 9.10. The summed E-state index contributed by atoms with van der Waals surface area (Å²) in [5.41, 5.74) is 1.90. The Morgan fingerprint density at radius 2 is 1.95 bits per heavy atom. The molecule has 0 amide bonds. The Kier molecular flexibility index (Phi) is 5.24. The Balaban J connectivity index is 2.23. The van der Waals surface area contributed by atoms with Gasteiger partial charge in [-0.2, -0.15) is 0 Å². The fourth-order valence-electron chi connectivity index (χ4n) is 1.74. The van der Waals surface area contributed by atoms with Crippen molar-refractivity contribution < 1.29 is 8.42 Å². The van der Waals surface area contributed by atoms with E-state index in [9.17, 15) is 8.42 Å². The van der Waals surface area contributed by atoms with Gasteiger partial charge in [-0.05, 0) is 58.6 Å². The summed E-state index contributed by atoms with van der Waals surface area (Å²) in [4.78, 5) is 4.24. The molecule has 0 aliphatic carbocycles. The summed E-state index contributed by atoms with van der Waals surface area (Å²) in [6, 6.07) is 8.32. The van der Waals surface area contributed by atoms with E-state index in [0.29, 0.717) is 18.1 Å². The van der Waals surface area contributed by atoms with Crippen molar-refractivity contribution >= 4 is 43.4 Å². The molecule has 0 unspecified atom stereocenters. The largest absolute Gasteiger partial charge is 0.263 e. The van der Waals surface area contributed by atoms with Gasteiger partial charge < -0.3 is 0 Å². The van der Waals surface area contributed by atoms with Crippen molar-refractivity contribution in [2.75, 3.05) is 10.6 Å². The number of benzene rings is 1. The number of aromatic nitrogens is 1. The predicted molar refractivity (Wildman–Crippen MR) is 88.3 cm³/mol. The first-order chi connectivity index (χ1) is 9.92. The second-order valence-electron chi connectivity index (χ2n) is 4.51. The molecular formula is C14H14BrClN2O2S. The SMILES string of the molecule is Cc1cc(NS(=O)(=O)c2ccc(CCCl)cc2)ncc1Br. The van der Waals surface area contributed by atoms with E-state index in [4.69, 9.17) is 11.6 Å². The number of rotatable bonds is 5. The number of hydrogen-bond acceptors (Lipinski definition) is 3. The molecular weight excluding hydrogens is 376 g/mol. The molecule has 112 valence electrons. The first-order valence-electron chi connectivity index (χ1n) is 6.22. The monoisotopic (exact) mass is 388 g/mol. The molecule has 1 aromatic heterocycles. The summed E-state index contributed by atoms with van der Waals surface area (Å²) in [5.74, 6) is 0.799. The summed E-state index contributed by atoms with van der Waals surface area (Å²) < 4.78 is 27.9. The molecule has 0 aliphatic rings. The zero-order chi connectivity index (χ0) is 15.5. The Morgan fingerprint density at radius 3 is 2.52 bits per heavy atom. The van der Waals surface area contributed by atoms with E-state index in [-0.39, 0.29) is 4.90 Å². The minimum Gasteiger partial charge on any atom is -0.263 e. The number of pyridine rings is 1. The topological polar surface area (TPSA) is 59.1 Å². The molecule has 0 spiro atoms. The van der Waals surface area contributed by atoms with Crippen molar-refractivity contribution in [3.05, 3.63) is 52.1 Å². The molecule has 2 rings (SSSR count). The van der Waals surface area contributed by atoms with Crippen molar-refractivity contribution in [3.8, 4) is 0 Å². The minimum absolute atomic E-state index is 0.197. The van der Waals surface area contributed by atoms with Gasteiger partial charge >= 0.3 is 0 Å². The Morgan fingerprint density at radius 1 is 1.29 bits per heavy atom. The van der Waals surface area contributed by atoms with Gasteiger partial charge in [0.2, 0.25) is 0 Å². The third kappa shape index (κ3) is 4.18. The van der Waals surface area contributed by atoms with E-state index in [1.54, 1.807) is 36.5 Å². The Hall–Kier alpha value is -1.11. The van der Waals surface area contributed by atoms with Crippen LogP contribution in [0.4, 0.5) is 5.82 Å². The molecule has 0 radical (unpaired) electrons. The van der Waals surface area contributed by atoms with Crippen LogP contribution in [0.3, 0.4) is 0 Å². The van der Waals surface area contributed by atoms with Crippen LogP contribution in [0.1, 0.15) is 11.1 Å². The molecule has 0 aliphatic heterocycles. The van der Waals surface area contributed by atoms with Crippen LogP contribution in [0.15, 0.2) is 45.9 Å². The fourth-order valence-corrected chi connectivity index (χ4v) is 3.17. The lowest BCUT2D eigenvalue weighted by Crippen LogP contribution is -2.14. The zero-order valence-corrected chi connectivity index (χ0v) is 14.5. The molecule has 0 bridgehead atoms. The molecule has 0 atom stereocenters. The summed E-state index contributed by atoms with van der Waals surface area (Å²) in [7, 11) is -3.64. The highest BCUT2D eigenvalue weighted by Crippen LogP contribution is 2.20. The van der Waals surface area contributed by atoms with Crippen molar-refractivity contribution in [2.24, 2.45) is 0 Å². The second kappa shape index (κ2) is 6.77. The number of anilines is 1. The van der Waals surface area contributed by atoms with Gasteiger partial charge in [-0.25, -0.2) is 13.4 Å². The maximum atomic E-state index is 12.3. The van der Waals surface area contributed by atoms with Crippen LogP contribution in [0.5, 0.6) is 0 Å². The summed E-state index contributed by atoms with van der Waals surface area (Å²) in [5, 5.41) is 0. The average Bonchev–Trinajstić information content (AvgIpc) is 2.44. The number of hydrogen-bond donors (Lipinski definition) is 1. The van der Waals surface area contributed by atoms with Crippen LogP contribution in [0.25, 0.3) is 0 Å². The molecule has 0 saturated carbocycles. The van der Waals surface area contributed by atoms with Gasteiger partial charge in [-0.3, -0.25) is 4.72 Å². The number of aryl methyl sites for hydroxylation is 2.